The molecule has 0 heterocycles. The molecule has 1 unspecified atom stereocenters. The minimum atomic E-state index is -0.277. The van der Waals surface area contributed by atoms with Crippen molar-refractivity contribution >= 4 is 5.97 Å². The van der Waals surface area contributed by atoms with Crippen molar-refractivity contribution in [3.8, 4) is 0 Å². The lowest BCUT2D eigenvalue weighted by atomic mass is 10.1. The highest BCUT2D eigenvalue weighted by Gasteiger charge is 2.09. The topological polar surface area (TPSA) is 35.5 Å². The van der Waals surface area contributed by atoms with Crippen LogP contribution in [0.2, 0.25) is 0 Å². The van der Waals surface area contributed by atoms with E-state index in [2.05, 4.69) is 32.9 Å². The summed E-state index contributed by atoms with van der Waals surface area (Å²) in [7, 11) is 0. The van der Waals surface area contributed by atoms with Crippen molar-refractivity contribution in [3.05, 3.63) is 70.8 Å². The average molecular weight is 495 g/mol. The van der Waals surface area contributed by atoms with Crippen molar-refractivity contribution in [2.75, 3.05) is 6.61 Å². The summed E-state index contributed by atoms with van der Waals surface area (Å²) in [6, 6.07) is 15.9. The van der Waals surface area contributed by atoms with Gasteiger partial charge in [0.1, 0.15) is 6.61 Å². The molecule has 2 aromatic carbocycles. The molecule has 200 valence electrons. The standard InChI is InChI=1S/C33H50O3/c1-4-6-7-8-9-10-11-12-13-14-15-16-26-35-28(3)31-22-20-30(21-23-31)27-36-33(34)32-24-18-29(17-5-2)19-25-32/h18-25,28H,4-17,26-27H2,1-3H3. The Morgan fingerprint density at radius 3 is 1.75 bits per heavy atom. The monoisotopic (exact) mass is 494 g/mol. The number of benzene rings is 2. The molecular weight excluding hydrogens is 444 g/mol. The Bertz CT molecular complexity index is 810. The van der Waals surface area contributed by atoms with Crippen LogP contribution < -0.4 is 0 Å². The van der Waals surface area contributed by atoms with Gasteiger partial charge in [-0.15, -0.1) is 0 Å². The molecule has 0 aromatic heterocycles. The first kappa shape index (κ1) is 30.1. The highest BCUT2D eigenvalue weighted by atomic mass is 16.5. The first-order valence-corrected chi connectivity index (χ1v) is 14.6. The fourth-order valence-corrected chi connectivity index (χ4v) is 4.51. The van der Waals surface area contributed by atoms with Crippen LogP contribution >= 0.6 is 0 Å². The van der Waals surface area contributed by atoms with E-state index in [-0.39, 0.29) is 18.7 Å². The van der Waals surface area contributed by atoms with Crippen molar-refractivity contribution < 1.29 is 14.3 Å². The quantitative estimate of drug-likeness (QED) is 0.136. The zero-order chi connectivity index (χ0) is 25.8. The van der Waals surface area contributed by atoms with Crippen LogP contribution in [0.3, 0.4) is 0 Å². The third-order valence-electron chi connectivity index (χ3n) is 6.91. The van der Waals surface area contributed by atoms with E-state index in [1.165, 1.54) is 76.2 Å². The average Bonchev–Trinajstić information content (AvgIpc) is 2.90. The molecule has 2 rings (SSSR count). The first-order chi connectivity index (χ1) is 17.6. The van der Waals surface area contributed by atoms with E-state index >= 15 is 0 Å². The van der Waals surface area contributed by atoms with Crippen LogP contribution in [-0.2, 0) is 22.5 Å². The van der Waals surface area contributed by atoms with Gasteiger partial charge in [-0.3, -0.25) is 0 Å². The predicted octanol–water partition coefficient (Wildman–Crippen LogP) is 9.77. The maximum absolute atomic E-state index is 12.3. The van der Waals surface area contributed by atoms with Gasteiger partial charge in [0, 0.05) is 6.61 Å². The van der Waals surface area contributed by atoms with Crippen LogP contribution in [0.4, 0.5) is 0 Å². The smallest absolute Gasteiger partial charge is 0.338 e. The van der Waals surface area contributed by atoms with Crippen LogP contribution in [-0.4, -0.2) is 12.6 Å². The summed E-state index contributed by atoms with van der Waals surface area (Å²) in [5.41, 5.74) is 4.00. The molecule has 0 aliphatic carbocycles. The Hall–Kier alpha value is -2.13. The fourth-order valence-electron chi connectivity index (χ4n) is 4.51. The second kappa shape index (κ2) is 19.0. The molecule has 0 bridgehead atoms. The van der Waals surface area contributed by atoms with E-state index in [1.54, 1.807) is 0 Å². The SMILES string of the molecule is CCCCCCCCCCCCCCOC(C)c1ccc(COC(=O)c2ccc(CCC)cc2)cc1. The number of carbonyl (C=O) groups is 1. The van der Waals surface area contributed by atoms with Gasteiger partial charge in [-0.05, 0) is 48.6 Å². The molecule has 0 radical (unpaired) electrons. The van der Waals surface area contributed by atoms with Crippen molar-refractivity contribution in [2.24, 2.45) is 0 Å². The number of ether oxygens (including phenoxy) is 2. The maximum atomic E-state index is 12.3. The third kappa shape index (κ3) is 12.7. The van der Waals surface area contributed by atoms with Gasteiger partial charge in [-0.1, -0.05) is 127 Å². The molecule has 0 fully saturated rings. The van der Waals surface area contributed by atoms with E-state index in [0.29, 0.717) is 5.56 Å². The Morgan fingerprint density at radius 2 is 1.19 bits per heavy atom. The minimum absolute atomic E-state index is 0.0796. The van der Waals surface area contributed by atoms with E-state index in [4.69, 9.17) is 9.47 Å². The molecule has 0 aliphatic heterocycles. The molecule has 1 atom stereocenters. The summed E-state index contributed by atoms with van der Waals surface area (Å²) >= 11 is 0. The lowest BCUT2D eigenvalue weighted by molar-refractivity contribution is 0.0471. The summed E-state index contributed by atoms with van der Waals surface area (Å²) in [5, 5.41) is 0. The molecule has 0 amide bonds. The van der Waals surface area contributed by atoms with Crippen LogP contribution in [0, 0.1) is 0 Å². The van der Waals surface area contributed by atoms with Gasteiger partial charge in [0.05, 0.1) is 11.7 Å². The summed E-state index contributed by atoms with van der Waals surface area (Å²) in [6.45, 7) is 7.64. The minimum Gasteiger partial charge on any atom is -0.457 e. The summed E-state index contributed by atoms with van der Waals surface area (Å²) < 4.78 is 11.6. The number of unbranched alkanes of at least 4 members (excludes halogenated alkanes) is 11. The Labute approximate surface area is 221 Å². The Balaban J connectivity index is 1.54. The number of hydrogen-bond donors (Lipinski definition) is 0. The summed E-state index contributed by atoms with van der Waals surface area (Å²) in [5.74, 6) is -0.277. The predicted molar refractivity (Wildman–Crippen MR) is 151 cm³/mol. The second-order valence-electron chi connectivity index (χ2n) is 10.2. The first-order valence-electron chi connectivity index (χ1n) is 14.6. The normalized spacial score (nSPS) is 12.0. The molecule has 3 nitrogen and oxygen atoms in total. The zero-order valence-corrected chi connectivity index (χ0v) is 23.2. The molecule has 0 saturated heterocycles. The zero-order valence-electron chi connectivity index (χ0n) is 23.2. The maximum Gasteiger partial charge on any atom is 0.338 e. The largest absolute Gasteiger partial charge is 0.457 e. The fraction of sp³-hybridized carbons (Fsp3) is 0.606. The van der Waals surface area contributed by atoms with Gasteiger partial charge in [-0.25, -0.2) is 4.79 Å². The molecular formula is C33H50O3. The van der Waals surface area contributed by atoms with Crippen LogP contribution in [0.25, 0.3) is 0 Å². The highest BCUT2D eigenvalue weighted by Crippen LogP contribution is 2.19. The van der Waals surface area contributed by atoms with Gasteiger partial charge in [0.2, 0.25) is 0 Å². The summed E-state index contributed by atoms with van der Waals surface area (Å²) in [4.78, 5) is 12.3. The second-order valence-corrected chi connectivity index (χ2v) is 10.2. The van der Waals surface area contributed by atoms with Crippen molar-refractivity contribution in [1.29, 1.82) is 0 Å². The van der Waals surface area contributed by atoms with Gasteiger partial charge in [0.15, 0.2) is 0 Å². The lowest BCUT2D eigenvalue weighted by Crippen LogP contribution is -2.06. The van der Waals surface area contributed by atoms with Crippen molar-refractivity contribution in [1.82, 2.24) is 0 Å². The van der Waals surface area contributed by atoms with Gasteiger partial charge in [-0.2, -0.15) is 0 Å². The molecule has 0 aliphatic rings. The molecule has 3 heteroatoms. The van der Waals surface area contributed by atoms with Crippen molar-refractivity contribution in [3.63, 3.8) is 0 Å². The van der Waals surface area contributed by atoms with Crippen LogP contribution in [0.5, 0.6) is 0 Å². The van der Waals surface area contributed by atoms with Gasteiger partial charge < -0.3 is 9.47 Å². The Kier molecular flexibility index (Phi) is 15.9. The van der Waals surface area contributed by atoms with Crippen LogP contribution in [0.15, 0.2) is 48.5 Å². The summed E-state index contributed by atoms with van der Waals surface area (Å²) in [6.07, 6.45) is 18.5. The van der Waals surface area contributed by atoms with E-state index in [9.17, 15) is 4.79 Å². The molecule has 0 N–H and O–H groups in total. The van der Waals surface area contributed by atoms with Gasteiger partial charge >= 0.3 is 5.97 Å². The van der Waals surface area contributed by atoms with Crippen LogP contribution in [0.1, 0.15) is 137 Å². The molecule has 0 saturated carbocycles. The molecule has 36 heavy (non-hydrogen) atoms. The van der Waals surface area contributed by atoms with E-state index in [1.807, 2.05) is 36.4 Å². The third-order valence-corrected chi connectivity index (χ3v) is 6.91. The number of hydrogen-bond acceptors (Lipinski definition) is 3. The highest BCUT2D eigenvalue weighted by molar-refractivity contribution is 5.89. The van der Waals surface area contributed by atoms with Gasteiger partial charge in [0.25, 0.3) is 0 Å². The number of carbonyl (C=O) groups excluding carboxylic acids is 1. The Morgan fingerprint density at radius 1 is 0.667 bits per heavy atom. The lowest BCUT2D eigenvalue weighted by Gasteiger charge is -2.14. The number of rotatable bonds is 20. The number of aryl methyl sites for hydroxylation is 1. The van der Waals surface area contributed by atoms with E-state index < -0.39 is 0 Å². The van der Waals surface area contributed by atoms with Crippen molar-refractivity contribution in [2.45, 2.75) is 123 Å². The molecule has 0 spiro atoms. The van der Waals surface area contributed by atoms with E-state index in [0.717, 1.165) is 37.0 Å². The molecule has 2 aromatic rings. The number of esters is 1.